The maximum absolute atomic E-state index is 12.0. The van der Waals surface area contributed by atoms with Crippen LogP contribution in [0.25, 0.3) is 0 Å². The summed E-state index contributed by atoms with van der Waals surface area (Å²) in [5, 5.41) is 5.96. The van der Waals surface area contributed by atoms with Gasteiger partial charge in [-0.05, 0) is 26.7 Å². The summed E-state index contributed by atoms with van der Waals surface area (Å²) in [5.74, 6) is 0.210. The van der Waals surface area contributed by atoms with Gasteiger partial charge < -0.3 is 10.6 Å². The first-order valence-corrected chi connectivity index (χ1v) is 9.49. The van der Waals surface area contributed by atoms with Crippen molar-refractivity contribution in [1.29, 1.82) is 0 Å². The molecule has 0 saturated carbocycles. The number of unbranched alkanes of at least 4 members (excludes halogenated alkanes) is 2. The van der Waals surface area contributed by atoms with Crippen LogP contribution in [0.5, 0.6) is 0 Å². The van der Waals surface area contributed by atoms with E-state index in [4.69, 9.17) is 0 Å². The zero-order valence-corrected chi connectivity index (χ0v) is 15.9. The minimum atomic E-state index is 0.105. The number of carbonyl (C=O) groups is 2. The number of hydrogen-bond acceptors (Lipinski definition) is 4. The van der Waals surface area contributed by atoms with Crippen molar-refractivity contribution in [2.24, 2.45) is 0 Å². The highest BCUT2D eigenvalue weighted by molar-refractivity contribution is 5.78. The van der Waals surface area contributed by atoms with Gasteiger partial charge >= 0.3 is 0 Å². The van der Waals surface area contributed by atoms with Crippen LogP contribution in [0.2, 0.25) is 0 Å². The lowest BCUT2D eigenvalue weighted by atomic mass is 10.1. The van der Waals surface area contributed by atoms with Gasteiger partial charge in [-0.3, -0.25) is 19.4 Å². The second-order valence-corrected chi connectivity index (χ2v) is 6.96. The zero-order valence-electron chi connectivity index (χ0n) is 15.9. The topological polar surface area (TPSA) is 64.7 Å². The number of amides is 2. The standard InChI is InChI=1S/C18H36N4O2/c1-5-7-9-19-17(23)13-21-11-16(4)22(12-15(21)3)14-18(24)20-10-8-6-2/h15-16H,5-14H2,1-4H3,(H,19,23)(H,20,24). The van der Waals surface area contributed by atoms with Gasteiger partial charge in [-0.15, -0.1) is 0 Å². The lowest BCUT2D eigenvalue weighted by molar-refractivity contribution is -0.127. The van der Waals surface area contributed by atoms with E-state index in [0.29, 0.717) is 13.1 Å². The summed E-state index contributed by atoms with van der Waals surface area (Å²) in [5.41, 5.74) is 0. The molecule has 0 aliphatic carbocycles. The molecule has 1 heterocycles. The third kappa shape index (κ3) is 7.62. The molecule has 0 radical (unpaired) electrons. The average molecular weight is 341 g/mol. The molecule has 24 heavy (non-hydrogen) atoms. The zero-order chi connectivity index (χ0) is 17.9. The van der Waals surface area contributed by atoms with Gasteiger partial charge in [0.2, 0.25) is 11.8 Å². The summed E-state index contributed by atoms with van der Waals surface area (Å²) >= 11 is 0. The molecule has 2 atom stereocenters. The second kappa shape index (κ2) is 11.4. The molecule has 1 aliphatic heterocycles. The molecule has 1 aliphatic rings. The number of rotatable bonds is 10. The van der Waals surface area contributed by atoms with Crippen LogP contribution in [-0.4, -0.2) is 73.0 Å². The fraction of sp³-hybridized carbons (Fsp3) is 0.889. The van der Waals surface area contributed by atoms with Gasteiger partial charge in [0.25, 0.3) is 0 Å². The monoisotopic (exact) mass is 340 g/mol. The van der Waals surface area contributed by atoms with Crippen LogP contribution in [-0.2, 0) is 9.59 Å². The van der Waals surface area contributed by atoms with E-state index < -0.39 is 0 Å². The van der Waals surface area contributed by atoms with Crippen LogP contribution in [0.1, 0.15) is 53.4 Å². The van der Waals surface area contributed by atoms with Gasteiger partial charge in [0.15, 0.2) is 0 Å². The molecule has 1 fully saturated rings. The molecule has 0 aromatic heterocycles. The van der Waals surface area contributed by atoms with E-state index in [-0.39, 0.29) is 23.9 Å². The Kier molecular flexibility index (Phi) is 9.95. The van der Waals surface area contributed by atoms with Crippen molar-refractivity contribution >= 4 is 11.8 Å². The summed E-state index contributed by atoms with van der Waals surface area (Å²) in [7, 11) is 0. The highest BCUT2D eigenvalue weighted by atomic mass is 16.2. The third-order valence-corrected chi connectivity index (χ3v) is 4.64. The Morgan fingerprint density at radius 1 is 0.833 bits per heavy atom. The van der Waals surface area contributed by atoms with Crippen LogP contribution in [0.3, 0.4) is 0 Å². The van der Waals surface area contributed by atoms with Crippen molar-refractivity contribution in [1.82, 2.24) is 20.4 Å². The van der Waals surface area contributed by atoms with E-state index in [9.17, 15) is 9.59 Å². The number of hydrogen-bond donors (Lipinski definition) is 2. The van der Waals surface area contributed by atoms with Crippen LogP contribution in [0, 0.1) is 0 Å². The summed E-state index contributed by atoms with van der Waals surface area (Å²) in [6.07, 6.45) is 4.23. The van der Waals surface area contributed by atoms with Crippen molar-refractivity contribution in [2.45, 2.75) is 65.5 Å². The summed E-state index contributed by atoms with van der Waals surface area (Å²) in [6, 6.07) is 0.558. The largest absolute Gasteiger partial charge is 0.355 e. The summed E-state index contributed by atoms with van der Waals surface area (Å²) < 4.78 is 0. The quantitative estimate of drug-likeness (QED) is 0.587. The molecule has 6 nitrogen and oxygen atoms in total. The van der Waals surface area contributed by atoms with Crippen molar-refractivity contribution in [3.8, 4) is 0 Å². The van der Waals surface area contributed by atoms with Crippen LogP contribution in [0.4, 0.5) is 0 Å². The van der Waals surface area contributed by atoms with E-state index in [2.05, 4.69) is 48.1 Å². The Labute approximate surface area is 147 Å². The Balaban J connectivity index is 2.37. The number of nitrogens with zero attached hydrogens (tertiary/aromatic N) is 2. The van der Waals surface area contributed by atoms with Crippen molar-refractivity contribution in [2.75, 3.05) is 39.3 Å². The molecule has 0 bridgehead atoms. The van der Waals surface area contributed by atoms with E-state index in [1.165, 1.54) is 0 Å². The van der Waals surface area contributed by atoms with Gasteiger partial charge in [-0.1, -0.05) is 26.7 Å². The summed E-state index contributed by atoms with van der Waals surface area (Å²) in [4.78, 5) is 28.5. The maximum Gasteiger partial charge on any atom is 0.234 e. The third-order valence-electron chi connectivity index (χ3n) is 4.64. The van der Waals surface area contributed by atoms with Crippen LogP contribution < -0.4 is 10.6 Å². The first kappa shape index (κ1) is 20.9. The molecular formula is C18H36N4O2. The Morgan fingerprint density at radius 2 is 1.21 bits per heavy atom. The molecule has 2 amide bonds. The summed E-state index contributed by atoms with van der Waals surface area (Å²) in [6.45, 7) is 12.6. The molecule has 0 spiro atoms. The highest BCUT2D eigenvalue weighted by Gasteiger charge is 2.30. The van der Waals surface area contributed by atoms with Gasteiger partial charge in [-0.25, -0.2) is 0 Å². The lowest BCUT2D eigenvalue weighted by Crippen LogP contribution is -2.59. The predicted molar refractivity (Wildman–Crippen MR) is 97.9 cm³/mol. The van der Waals surface area contributed by atoms with Crippen molar-refractivity contribution < 1.29 is 9.59 Å². The molecule has 1 saturated heterocycles. The first-order valence-electron chi connectivity index (χ1n) is 9.49. The first-order chi connectivity index (χ1) is 11.5. The normalized spacial score (nSPS) is 22.3. The molecule has 6 heteroatoms. The molecule has 0 aromatic carbocycles. The number of nitrogens with one attached hydrogen (secondary N) is 2. The Morgan fingerprint density at radius 3 is 1.54 bits per heavy atom. The maximum atomic E-state index is 12.0. The van der Waals surface area contributed by atoms with E-state index in [1.807, 2.05) is 0 Å². The number of piperazine rings is 1. The van der Waals surface area contributed by atoms with Crippen LogP contribution in [0.15, 0.2) is 0 Å². The van der Waals surface area contributed by atoms with E-state index >= 15 is 0 Å². The molecular weight excluding hydrogens is 304 g/mol. The molecule has 0 aromatic rings. The lowest BCUT2D eigenvalue weighted by Gasteiger charge is -2.43. The smallest absolute Gasteiger partial charge is 0.234 e. The highest BCUT2D eigenvalue weighted by Crippen LogP contribution is 2.14. The Bertz CT molecular complexity index is 353. The second-order valence-electron chi connectivity index (χ2n) is 6.96. The molecule has 2 unspecified atom stereocenters. The van der Waals surface area contributed by atoms with Gasteiger partial charge in [0.05, 0.1) is 13.1 Å². The fourth-order valence-corrected chi connectivity index (χ4v) is 3.00. The minimum absolute atomic E-state index is 0.105. The SMILES string of the molecule is CCCCNC(=O)CN1CC(C)N(CC(=O)NCCCC)CC1C. The Hall–Kier alpha value is -1.14. The van der Waals surface area contributed by atoms with Crippen LogP contribution >= 0.6 is 0 Å². The van der Waals surface area contributed by atoms with Crippen molar-refractivity contribution in [3.05, 3.63) is 0 Å². The fourth-order valence-electron chi connectivity index (χ4n) is 3.00. The van der Waals surface area contributed by atoms with Gasteiger partial charge in [-0.2, -0.15) is 0 Å². The van der Waals surface area contributed by atoms with E-state index in [0.717, 1.165) is 51.9 Å². The molecule has 1 rings (SSSR count). The predicted octanol–water partition coefficient (Wildman–Crippen LogP) is 1.21. The molecule has 140 valence electrons. The van der Waals surface area contributed by atoms with Crippen molar-refractivity contribution in [3.63, 3.8) is 0 Å². The van der Waals surface area contributed by atoms with Gasteiger partial charge in [0, 0.05) is 38.3 Å². The minimum Gasteiger partial charge on any atom is -0.355 e. The molecule has 2 N–H and O–H groups in total. The average Bonchev–Trinajstić information content (AvgIpc) is 2.52. The number of carbonyl (C=O) groups excluding carboxylic acids is 2. The van der Waals surface area contributed by atoms with E-state index in [1.54, 1.807) is 0 Å². The van der Waals surface area contributed by atoms with Gasteiger partial charge in [0.1, 0.15) is 0 Å².